The number of carbonyl (C=O) groups is 1. The molecule has 2 rings (SSSR count). The molecule has 1 amide bonds. The average Bonchev–Trinajstić information content (AvgIpc) is 2.28. The Bertz CT molecular complexity index is 296. The molecule has 0 spiro atoms. The highest BCUT2D eigenvalue weighted by Gasteiger charge is 2.37. The summed E-state index contributed by atoms with van der Waals surface area (Å²) >= 11 is 0. The van der Waals surface area contributed by atoms with Crippen molar-refractivity contribution in [1.82, 2.24) is 5.32 Å². The van der Waals surface area contributed by atoms with Crippen LogP contribution in [0.4, 0.5) is 0 Å². The highest BCUT2D eigenvalue weighted by Crippen LogP contribution is 2.29. The molecule has 2 atom stereocenters. The molecule has 0 radical (unpaired) electrons. The maximum Gasteiger partial charge on any atom is 0.240 e. The molecule has 1 heterocycles. The zero-order valence-corrected chi connectivity index (χ0v) is 12.8. The molecule has 19 heavy (non-hydrogen) atoms. The van der Waals surface area contributed by atoms with E-state index in [1.165, 1.54) is 6.42 Å². The Balaban J connectivity index is 0.00000180. The molecule has 0 bridgehead atoms. The third-order valence-corrected chi connectivity index (χ3v) is 4.35. The first-order chi connectivity index (χ1) is 8.49. The summed E-state index contributed by atoms with van der Waals surface area (Å²) in [6.45, 7) is 5.73. The molecule has 2 fully saturated rings. The van der Waals surface area contributed by atoms with Crippen LogP contribution in [0.25, 0.3) is 0 Å². The number of carbonyl (C=O) groups excluding carboxylic acids is 1. The van der Waals surface area contributed by atoms with Gasteiger partial charge in [-0.25, -0.2) is 0 Å². The van der Waals surface area contributed by atoms with Crippen LogP contribution in [0, 0.1) is 11.8 Å². The van der Waals surface area contributed by atoms with Crippen molar-refractivity contribution in [2.75, 3.05) is 13.2 Å². The predicted octanol–water partition coefficient (Wildman–Crippen LogP) is 1.86. The first kappa shape index (κ1) is 16.7. The van der Waals surface area contributed by atoms with Gasteiger partial charge in [0.2, 0.25) is 5.91 Å². The number of hydrogen-bond acceptors (Lipinski definition) is 3. The number of nitrogens with one attached hydrogen (secondary N) is 1. The van der Waals surface area contributed by atoms with Gasteiger partial charge in [-0.1, -0.05) is 13.8 Å². The Morgan fingerprint density at radius 1 is 1.16 bits per heavy atom. The monoisotopic (exact) mass is 290 g/mol. The smallest absolute Gasteiger partial charge is 0.240 e. The summed E-state index contributed by atoms with van der Waals surface area (Å²) in [6.07, 6.45) is 4.71. The van der Waals surface area contributed by atoms with E-state index in [1.807, 2.05) is 0 Å². The highest BCUT2D eigenvalue weighted by atomic mass is 35.5. The van der Waals surface area contributed by atoms with Crippen LogP contribution in [0.5, 0.6) is 0 Å². The molecule has 1 saturated carbocycles. The molecule has 1 saturated heterocycles. The number of nitrogens with two attached hydrogens (primary N) is 1. The molecule has 2 aliphatic rings. The van der Waals surface area contributed by atoms with Crippen LogP contribution < -0.4 is 11.1 Å². The fourth-order valence-corrected chi connectivity index (χ4v) is 3.36. The van der Waals surface area contributed by atoms with Crippen molar-refractivity contribution in [3.05, 3.63) is 0 Å². The standard InChI is InChI=1S/C14H26N2O2.ClH/c1-10-7-11(2)9-12(8-10)16-13(17)14(15)3-5-18-6-4-14;/h10-12H,3-9,15H2,1-2H3,(H,16,17);1H. The van der Waals surface area contributed by atoms with E-state index in [2.05, 4.69) is 19.2 Å². The Morgan fingerprint density at radius 2 is 1.68 bits per heavy atom. The quantitative estimate of drug-likeness (QED) is 0.816. The summed E-state index contributed by atoms with van der Waals surface area (Å²) in [7, 11) is 0. The van der Waals surface area contributed by atoms with Gasteiger partial charge in [0.1, 0.15) is 0 Å². The second-order valence-electron chi connectivity index (χ2n) is 6.36. The summed E-state index contributed by atoms with van der Waals surface area (Å²) < 4.78 is 5.28. The van der Waals surface area contributed by atoms with Crippen LogP contribution in [0.15, 0.2) is 0 Å². The number of rotatable bonds is 2. The van der Waals surface area contributed by atoms with Gasteiger partial charge < -0.3 is 15.8 Å². The average molecular weight is 291 g/mol. The summed E-state index contributed by atoms with van der Waals surface area (Å²) in [4.78, 5) is 12.3. The van der Waals surface area contributed by atoms with E-state index in [9.17, 15) is 4.79 Å². The van der Waals surface area contributed by atoms with Crippen molar-refractivity contribution in [1.29, 1.82) is 0 Å². The van der Waals surface area contributed by atoms with Crippen molar-refractivity contribution in [3.63, 3.8) is 0 Å². The zero-order valence-electron chi connectivity index (χ0n) is 12.0. The maximum absolute atomic E-state index is 12.3. The van der Waals surface area contributed by atoms with E-state index in [1.54, 1.807) is 0 Å². The first-order valence-electron chi connectivity index (χ1n) is 7.17. The van der Waals surface area contributed by atoms with Gasteiger partial charge in [0.25, 0.3) is 0 Å². The van der Waals surface area contributed by atoms with Gasteiger partial charge in [0.15, 0.2) is 0 Å². The Morgan fingerprint density at radius 3 is 2.21 bits per heavy atom. The molecule has 1 aliphatic heterocycles. The first-order valence-corrected chi connectivity index (χ1v) is 7.17. The van der Waals surface area contributed by atoms with Crippen molar-refractivity contribution in [3.8, 4) is 0 Å². The lowest BCUT2D eigenvalue weighted by Gasteiger charge is -2.37. The lowest BCUT2D eigenvalue weighted by molar-refractivity contribution is -0.130. The summed E-state index contributed by atoms with van der Waals surface area (Å²) in [6, 6.07) is 0.305. The molecule has 0 aromatic carbocycles. The molecule has 3 N–H and O–H groups in total. The fourth-order valence-electron chi connectivity index (χ4n) is 3.36. The van der Waals surface area contributed by atoms with Crippen LogP contribution in [0.1, 0.15) is 46.0 Å². The second-order valence-corrected chi connectivity index (χ2v) is 6.36. The van der Waals surface area contributed by atoms with Crippen molar-refractivity contribution in [2.45, 2.75) is 57.5 Å². The van der Waals surface area contributed by atoms with E-state index >= 15 is 0 Å². The van der Waals surface area contributed by atoms with E-state index in [-0.39, 0.29) is 18.3 Å². The Kier molecular flexibility index (Phi) is 6.09. The molecule has 112 valence electrons. The molecule has 0 aromatic heterocycles. The molecule has 1 aliphatic carbocycles. The van der Waals surface area contributed by atoms with Gasteiger partial charge in [-0.3, -0.25) is 4.79 Å². The van der Waals surface area contributed by atoms with Gasteiger partial charge in [0.05, 0.1) is 5.54 Å². The third kappa shape index (κ3) is 4.33. The minimum Gasteiger partial charge on any atom is -0.381 e. The highest BCUT2D eigenvalue weighted by molar-refractivity contribution is 5.86. The topological polar surface area (TPSA) is 64.4 Å². The molecule has 2 unspecified atom stereocenters. The van der Waals surface area contributed by atoms with Gasteiger partial charge in [-0.2, -0.15) is 0 Å². The Labute approximate surface area is 122 Å². The number of ether oxygens (including phenoxy) is 1. The van der Waals surface area contributed by atoms with Gasteiger partial charge >= 0.3 is 0 Å². The third-order valence-electron chi connectivity index (χ3n) is 4.35. The van der Waals surface area contributed by atoms with Crippen LogP contribution in [-0.2, 0) is 9.53 Å². The van der Waals surface area contributed by atoms with Crippen molar-refractivity contribution >= 4 is 18.3 Å². The van der Waals surface area contributed by atoms with Gasteiger partial charge in [0, 0.05) is 19.3 Å². The predicted molar refractivity (Wildman–Crippen MR) is 78.3 cm³/mol. The van der Waals surface area contributed by atoms with Crippen LogP contribution in [0.3, 0.4) is 0 Å². The summed E-state index contributed by atoms with van der Waals surface area (Å²) in [5.74, 6) is 1.42. The van der Waals surface area contributed by atoms with Crippen LogP contribution in [0.2, 0.25) is 0 Å². The lowest BCUT2D eigenvalue weighted by atomic mass is 9.80. The Hall–Kier alpha value is -0.320. The summed E-state index contributed by atoms with van der Waals surface area (Å²) in [5, 5.41) is 3.17. The number of halogens is 1. The minimum absolute atomic E-state index is 0. The normalized spacial score (nSPS) is 34.2. The van der Waals surface area contributed by atoms with Gasteiger partial charge in [-0.15, -0.1) is 12.4 Å². The molecular formula is C14H27ClN2O2. The van der Waals surface area contributed by atoms with Crippen molar-refractivity contribution < 1.29 is 9.53 Å². The second kappa shape index (κ2) is 6.91. The number of hydrogen-bond donors (Lipinski definition) is 2. The molecule has 0 aromatic rings. The van der Waals surface area contributed by atoms with Crippen molar-refractivity contribution in [2.24, 2.45) is 17.6 Å². The van der Waals surface area contributed by atoms with E-state index in [4.69, 9.17) is 10.5 Å². The van der Waals surface area contributed by atoms with Crippen LogP contribution >= 0.6 is 12.4 Å². The SMILES string of the molecule is CC1CC(C)CC(NC(=O)C2(N)CCOCC2)C1.Cl. The molecule has 4 nitrogen and oxygen atoms in total. The molecular weight excluding hydrogens is 264 g/mol. The largest absolute Gasteiger partial charge is 0.381 e. The van der Waals surface area contributed by atoms with E-state index in [0.717, 1.165) is 12.8 Å². The minimum atomic E-state index is -0.706. The van der Waals surface area contributed by atoms with Gasteiger partial charge in [-0.05, 0) is 43.9 Å². The zero-order chi connectivity index (χ0) is 13.2. The van der Waals surface area contributed by atoms with Crippen LogP contribution in [-0.4, -0.2) is 30.7 Å². The summed E-state index contributed by atoms with van der Waals surface area (Å²) in [5.41, 5.74) is 5.49. The lowest BCUT2D eigenvalue weighted by Crippen LogP contribution is -2.59. The number of amides is 1. The van der Waals surface area contributed by atoms with E-state index in [0.29, 0.717) is 43.9 Å². The fraction of sp³-hybridized carbons (Fsp3) is 0.929. The molecule has 5 heteroatoms. The maximum atomic E-state index is 12.3. The van der Waals surface area contributed by atoms with E-state index < -0.39 is 5.54 Å².